The molecule has 0 bridgehead atoms. The van der Waals surface area contributed by atoms with E-state index in [0.717, 1.165) is 15.6 Å². The van der Waals surface area contributed by atoms with Gasteiger partial charge in [0.2, 0.25) is 0 Å². The van der Waals surface area contributed by atoms with Crippen LogP contribution in [-0.4, -0.2) is 53.2 Å². The molecule has 1 saturated heterocycles. The Bertz CT molecular complexity index is 966. The molecule has 0 radical (unpaired) electrons. The van der Waals surface area contributed by atoms with Gasteiger partial charge in [0.25, 0.3) is 11.7 Å². The molecule has 164 valence electrons. The van der Waals surface area contributed by atoms with Crippen LogP contribution in [0.25, 0.3) is 5.76 Å². The molecule has 7 heteroatoms. The summed E-state index contributed by atoms with van der Waals surface area (Å²) in [6.45, 7) is 4.55. The zero-order chi connectivity index (χ0) is 22.5. The van der Waals surface area contributed by atoms with Crippen LogP contribution in [0.1, 0.15) is 42.5 Å². The fourth-order valence-electron chi connectivity index (χ4n) is 3.61. The van der Waals surface area contributed by atoms with Gasteiger partial charge in [-0.05, 0) is 29.2 Å². The number of hydrogen-bond acceptors (Lipinski definition) is 5. The zero-order valence-electron chi connectivity index (χ0n) is 17.5. The number of amides is 1. The van der Waals surface area contributed by atoms with Gasteiger partial charge in [-0.1, -0.05) is 66.2 Å². The molecule has 2 N–H and O–H groups in total. The Morgan fingerprint density at radius 3 is 2.29 bits per heavy atom. The van der Waals surface area contributed by atoms with Crippen molar-refractivity contribution in [3.8, 4) is 0 Å². The van der Waals surface area contributed by atoms with Crippen molar-refractivity contribution in [2.24, 2.45) is 0 Å². The molecule has 31 heavy (non-hydrogen) atoms. The third kappa shape index (κ3) is 5.06. The molecular weight excluding hydrogens is 462 g/mol. The Morgan fingerprint density at radius 1 is 1.06 bits per heavy atom. The topological polar surface area (TPSA) is 87.1 Å². The minimum Gasteiger partial charge on any atom is -0.507 e. The Morgan fingerprint density at radius 2 is 1.71 bits per heavy atom. The molecule has 1 heterocycles. The number of benzene rings is 2. The van der Waals surface area contributed by atoms with Crippen LogP contribution in [0, 0.1) is 0 Å². The number of halogens is 1. The van der Waals surface area contributed by atoms with Crippen LogP contribution in [0.3, 0.4) is 0 Å². The number of ether oxygens (including phenoxy) is 1. The van der Waals surface area contributed by atoms with Gasteiger partial charge >= 0.3 is 0 Å². The molecule has 3 rings (SSSR count). The maximum atomic E-state index is 12.9. The normalized spacial score (nSPS) is 18.2. The van der Waals surface area contributed by atoms with E-state index < -0.39 is 17.7 Å². The third-order valence-electron chi connectivity index (χ3n) is 5.29. The first kappa shape index (κ1) is 23.2. The molecule has 1 amide bonds. The number of aliphatic hydroxyl groups excluding tert-OH is 2. The molecule has 1 atom stereocenters. The van der Waals surface area contributed by atoms with Gasteiger partial charge in [0, 0.05) is 16.6 Å². The SMILES string of the molecule is CC(C)c1ccc(C2C(=C(O)c3ccc(Br)cc3)C(=O)C(=O)N2CCOCCO)cc1. The lowest BCUT2D eigenvalue weighted by molar-refractivity contribution is -0.140. The molecule has 1 aliphatic rings. The average Bonchev–Trinajstić information content (AvgIpc) is 3.01. The summed E-state index contributed by atoms with van der Waals surface area (Å²) in [5.74, 6) is -1.26. The maximum Gasteiger partial charge on any atom is 0.295 e. The summed E-state index contributed by atoms with van der Waals surface area (Å²) < 4.78 is 6.16. The maximum absolute atomic E-state index is 12.9. The minimum absolute atomic E-state index is 0.0618. The van der Waals surface area contributed by atoms with E-state index in [2.05, 4.69) is 29.8 Å². The highest BCUT2D eigenvalue weighted by Gasteiger charge is 2.45. The van der Waals surface area contributed by atoms with E-state index in [1.807, 2.05) is 24.3 Å². The zero-order valence-corrected chi connectivity index (χ0v) is 19.1. The molecule has 2 aromatic carbocycles. The quantitative estimate of drug-likeness (QED) is 0.254. The van der Waals surface area contributed by atoms with Crippen LogP contribution in [0.2, 0.25) is 0 Å². The molecule has 0 saturated carbocycles. The van der Waals surface area contributed by atoms with E-state index in [1.165, 1.54) is 4.90 Å². The number of ketones is 1. The lowest BCUT2D eigenvalue weighted by Gasteiger charge is -2.25. The number of Topliss-reactive ketones (excluding diaryl/α,β-unsaturated/α-hetero) is 1. The predicted octanol–water partition coefficient (Wildman–Crippen LogP) is 4.00. The van der Waals surface area contributed by atoms with Gasteiger partial charge in [-0.2, -0.15) is 0 Å². The average molecular weight is 488 g/mol. The van der Waals surface area contributed by atoms with Crippen LogP contribution >= 0.6 is 15.9 Å². The van der Waals surface area contributed by atoms with Gasteiger partial charge in [-0.3, -0.25) is 9.59 Å². The fourth-order valence-corrected chi connectivity index (χ4v) is 3.88. The largest absolute Gasteiger partial charge is 0.507 e. The second-order valence-electron chi connectivity index (χ2n) is 7.66. The number of likely N-dealkylation sites (tertiary alicyclic amines) is 1. The molecule has 1 unspecified atom stereocenters. The highest BCUT2D eigenvalue weighted by Crippen LogP contribution is 2.39. The van der Waals surface area contributed by atoms with Crippen molar-refractivity contribution >= 4 is 33.4 Å². The van der Waals surface area contributed by atoms with Gasteiger partial charge in [0.1, 0.15) is 5.76 Å². The number of carbonyl (C=O) groups is 2. The van der Waals surface area contributed by atoms with Gasteiger partial charge in [-0.15, -0.1) is 0 Å². The number of carbonyl (C=O) groups excluding carboxylic acids is 2. The molecule has 6 nitrogen and oxygen atoms in total. The Kier molecular flexibility index (Phi) is 7.64. The second-order valence-corrected chi connectivity index (χ2v) is 8.57. The summed E-state index contributed by atoms with van der Waals surface area (Å²) in [6, 6.07) is 13.9. The van der Waals surface area contributed by atoms with Crippen molar-refractivity contribution in [2.75, 3.05) is 26.4 Å². The first-order valence-electron chi connectivity index (χ1n) is 10.2. The van der Waals surface area contributed by atoms with Crippen molar-refractivity contribution in [3.05, 3.63) is 75.3 Å². The van der Waals surface area contributed by atoms with Crippen LogP contribution in [-0.2, 0) is 14.3 Å². The van der Waals surface area contributed by atoms with E-state index in [9.17, 15) is 14.7 Å². The molecule has 0 aliphatic carbocycles. The van der Waals surface area contributed by atoms with Gasteiger partial charge in [-0.25, -0.2) is 0 Å². The van der Waals surface area contributed by atoms with E-state index in [-0.39, 0.29) is 37.7 Å². The van der Waals surface area contributed by atoms with E-state index >= 15 is 0 Å². The summed E-state index contributed by atoms with van der Waals surface area (Å²) in [7, 11) is 0. The molecule has 0 aromatic heterocycles. The van der Waals surface area contributed by atoms with Gasteiger partial charge < -0.3 is 19.8 Å². The van der Waals surface area contributed by atoms with E-state index in [1.54, 1.807) is 24.3 Å². The van der Waals surface area contributed by atoms with Crippen LogP contribution < -0.4 is 0 Å². The van der Waals surface area contributed by atoms with Crippen molar-refractivity contribution < 1.29 is 24.5 Å². The number of aliphatic hydroxyl groups is 2. The number of hydrogen-bond donors (Lipinski definition) is 2. The highest BCUT2D eigenvalue weighted by molar-refractivity contribution is 9.10. The summed E-state index contributed by atoms with van der Waals surface area (Å²) in [6.07, 6.45) is 0. The summed E-state index contributed by atoms with van der Waals surface area (Å²) in [5, 5.41) is 19.9. The monoisotopic (exact) mass is 487 g/mol. The van der Waals surface area contributed by atoms with E-state index in [0.29, 0.717) is 11.5 Å². The molecule has 1 aliphatic heterocycles. The van der Waals surface area contributed by atoms with Gasteiger partial charge in [0.05, 0.1) is 31.4 Å². The minimum atomic E-state index is -0.722. The van der Waals surface area contributed by atoms with Crippen molar-refractivity contribution in [2.45, 2.75) is 25.8 Å². The summed E-state index contributed by atoms with van der Waals surface area (Å²) >= 11 is 3.36. The lowest BCUT2D eigenvalue weighted by atomic mass is 9.93. The molecule has 2 aromatic rings. The van der Waals surface area contributed by atoms with Crippen LogP contribution in [0.15, 0.2) is 58.6 Å². The van der Waals surface area contributed by atoms with Crippen molar-refractivity contribution in [1.82, 2.24) is 4.90 Å². The standard InChI is InChI=1S/C24H26BrNO5/c1-15(2)16-3-5-17(6-4-16)21-20(22(28)18-7-9-19(25)10-8-18)23(29)24(30)26(21)11-13-31-14-12-27/h3-10,15,21,27-28H,11-14H2,1-2H3. The smallest absolute Gasteiger partial charge is 0.295 e. The summed E-state index contributed by atoms with van der Waals surface area (Å²) in [4.78, 5) is 27.2. The highest BCUT2D eigenvalue weighted by atomic mass is 79.9. The van der Waals surface area contributed by atoms with Crippen molar-refractivity contribution in [1.29, 1.82) is 0 Å². The first-order valence-corrected chi connectivity index (χ1v) is 11.0. The predicted molar refractivity (Wildman–Crippen MR) is 122 cm³/mol. The molecule has 1 fully saturated rings. The Hall–Kier alpha value is -2.48. The number of rotatable bonds is 8. The van der Waals surface area contributed by atoms with Crippen LogP contribution in [0.5, 0.6) is 0 Å². The summed E-state index contributed by atoms with van der Waals surface area (Å²) in [5.41, 5.74) is 2.40. The lowest BCUT2D eigenvalue weighted by Crippen LogP contribution is -2.33. The molecule has 0 spiro atoms. The molecular formula is C24H26BrNO5. The second kappa shape index (κ2) is 10.2. The van der Waals surface area contributed by atoms with Gasteiger partial charge in [0.15, 0.2) is 0 Å². The third-order valence-corrected chi connectivity index (χ3v) is 5.82. The van der Waals surface area contributed by atoms with Crippen LogP contribution in [0.4, 0.5) is 0 Å². The first-order chi connectivity index (χ1) is 14.8. The van der Waals surface area contributed by atoms with Crippen molar-refractivity contribution in [3.63, 3.8) is 0 Å². The number of nitrogens with zero attached hydrogens (tertiary/aromatic N) is 1. The fraction of sp³-hybridized carbons (Fsp3) is 0.333. The Labute approximate surface area is 190 Å². The Balaban J connectivity index is 2.06. The van der Waals surface area contributed by atoms with E-state index in [4.69, 9.17) is 9.84 Å².